The van der Waals surface area contributed by atoms with E-state index in [9.17, 15) is 9.59 Å². The van der Waals surface area contributed by atoms with Crippen molar-refractivity contribution in [1.29, 1.82) is 0 Å². The standard InChI is InChI=1S/C23H28N2O2S/c1-2-17-8-10-18(11-9-17)22(26)24-12-14-25(15-13-24)23(27)21-16-19-6-4-3-5-7-20(19)28-21/h8-11,16H,2-7,12-15H2,1H3. The normalized spacial score (nSPS) is 17.2. The summed E-state index contributed by atoms with van der Waals surface area (Å²) in [7, 11) is 0. The van der Waals surface area contributed by atoms with Crippen molar-refractivity contribution in [3.63, 3.8) is 0 Å². The summed E-state index contributed by atoms with van der Waals surface area (Å²) in [5.41, 5.74) is 3.36. The van der Waals surface area contributed by atoms with Crippen molar-refractivity contribution >= 4 is 23.2 Å². The molecular weight excluding hydrogens is 368 g/mol. The van der Waals surface area contributed by atoms with E-state index in [1.165, 1.54) is 35.3 Å². The third-order valence-electron chi connectivity index (χ3n) is 5.92. The zero-order valence-corrected chi connectivity index (χ0v) is 17.4. The Labute approximate surface area is 171 Å². The van der Waals surface area contributed by atoms with Gasteiger partial charge in [0.25, 0.3) is 11.8 Å². The maximum absolute atomic E-state index is 13.0. The number of carbonyl (C=O) groups is 2. The monoisotopic (exact) mass is 396 g/mol. The van der Waals surface area contributed by atoms with Gasteiger partial charge in [0.2, 0.25) is 0 Å². The van der Waals surface area contributed by atoms with Crippen molar-refractivity contribution in [2.75, 3.05) is 26.2 Å². The molecule has 5 heteroatoms. The van der Waals surface area contributed by atoms with Crippen molar-refractivity contribution in [2.24, 2.45) is 0 Å². The summed E-state index contributed by atoms with van der Waals surface area (Å²) in [5, 5.41) is 0. The van der Waals surface area contributed by atoms with Crippen LogP contribution < -0.4 is 0 Å². The van der Waals surface area contributed by atoms with Gasteiger partial charge in [0, 0.05) is 36.6 Å². The molecule has 2 heterocycles. The number of amides is 2. The quantitative estimate of drug-likeness (QED) is 0.731. The van der Waals surface area contributed by atoms with Crippen LogP contribution in [0, 0.1) is 0 Å². The molecule has 4 nitrogen and oxygen atoms in total. The van der Waals surface area contributed by atoms with Gasteiger partial charge in [-0.15, -0.1) is 11.3 Å². The number of carbonyl (C=O) groups excluding carboxylic acids is 2. The molecule has 0 saturated carbocycles. The van der Waals surface area contributed by atoms with E-state index in [1.54, 1.807) is 11.3 Å². The Hall–Kier alpha value is -2.14. The second-order valence-corrected chi connectivity index (χ2v) is 8.89. The summed E-state index contributed by atoms with van der Waals surface area (Å²) >= 11 is 1.69. The fourth-order valence-electron chi connectivity index (χ4n) is 4.11. The molecule has 1 fully saturated rings. The molecule has 1 saturated heterocycles. The fraction of sp³-hybridized carbons (Fsp3) is 0.478. The van der Waals surface area contributed by atoms with Gasteiger partial charge in [-0.1, -0.05) is 25.5 Å². The highest BCUT2D eigenvalue weighted by Crippen LogP contribution is 2.30. The first-order valence-corrected chi connectivity index (χ1v) is 11.3. The predicted molar refractivity (Wildman–Crippen MR) is 113 cm³/mol. The van der Waals surface area contributed by atoms with Crippen LogP contribution in [-0.2, 0) is 19.3 Å². The second kappa shape index (κ2) is 8.48. The van der Waals surface area contributed by atoms with Crippen LogP contribution in [0.5, 0.6) is 0 Å². The predicted octanol–water partition coefficient (Wildman–Crippen LogP) is 4.18. The molecule has 0 unspecified atom stereocenters. The van der Waals surface area contributed by atoms with E-state index in [1.807, 2.05) is 34.1 Å². The van der Waals surface area contributed by atoms with Gasteiger partial charge >= 0.3 is 0 Å². The van der Waals surface area contributed by atoms with Gasteiger partial charge in [-0.05, 0) is 61.4 Å². The number of fused-ring (bicyclic) bond motifs is 1. The van der Waals surface area contributed by atoms with Gasteiger partial charge in [0.15, 0.2) is 0 Å². The highest BCUT2D eigenvalue weighted by Gasteiger charge is 2.27. The maximum Gasteiger partial charge on any atom is 0.264 e. The van der Waals surface area contributed by atoms with Crippen LogP contribution in [0.4, 0.5) is 0 Å². The van der Waals surface area contributed by atoms with E-state index in [0.717, 1.165) is 29.7 Å². The number of benzene rings is 1. The molecule has 2 aromatic rings. The van der Waals surface area contributed by atoms with Gasteiger partial charge in [0.05, 0.1) is 4.88 Å². The van der Waals surface area contributed by atoms with E-state index in [0.29, 0.717) is 26.2 Å². The van der Waals surface area contributed by atoms with Gasteiger partial charge in [-0.3, -0.25) is 9.59 Å². The Morgan fingerprint density at radius 1 is 0.893 bits per heavy atom. The molecule has 0 atom stereocenters. The number of rotatable bonds is 3. The molecule has 28 heavy (non-hydrogen) atoms. The minimum absolute atomic E-state index is 0.0672. The summed E-state index contributed by atoms with van der Waals surface area (Å²) in [5.74, 6) is 0.204. The molecule has 0 N–H and O–H groups in total. The minimum Gasteiger partial charge on any atom is -0.335 e. The van der Waals surface area contributed by atoms with Crippen molar-refractivity contribution < 1.29 is 9.59 Å². The van der Waals surface area contributed by atoms with Crippen LogP contribution in [0.1, 0.15) is 62.2 Å². The highest BCUT2D eigenvalue weighted by molar-refractivity contribution is 7.14. The van der Waals surface area contributed by atoms with E-state index < -0.39 is 0 Å². The number of hydrogen-bond donors (Lipinski definition) is 0. The lowest BCUT2D eigenvalue weighted by Crippen LogP contribution is -2.50. The minimum atomic E-state index is 0.0672. The Bertz CT molecular complexity index is 824. The topological polar surface area (TPSA) is 40.6 Å². The van der Waals surface area contributed by atoms with E-state index in [-0.39, 0.29) is 11.8 Å². The molecule has 1 aromatic carbocycles. The summed E-state index contributed by atoms with van der Waals surface area (Å²) in [4.78, 5) is 31.8. The smallest absolute Gasteiger partial charge is 0.264 e. The Balaban J connectivity index is 1.37. The van der Waals surface area contributed by atoms with Crippen LogP contribution >= 0.6 is 11.3 Å². The molecule has 4 rings (SSSR count). The first kappa shape index (κ1) is 19.2. The van der Waals surface area contributed by atoms with Crippen LogP contribution in [0.3, 0.4) is 0 Å². The van der Waals surface area contributed by atoms with E-state index in [4.69, 9.17) is 0 Å². The van der Waals surface area contributed by atoms with Crippen molar-refractivity contribution in [2.45, 2.75) is 45.4 Å². The first-order valence-electron chi connectivity index (χ1n) is 10.4. The SMILES string of the molecule is CCc1ccc(C(=O)N2CCN(C(=O)c3cc4c(s3)CCCCC4)CC2)cc1. The van der Waals surface area contributed by atoms with Crippen LogP contribution in [0.25, 0.3) is 0 Å². The van der Waals surface area contributed by atoms with Gasteiger partial charge in [0.1, 0.15) is 0 Å². The van der Waals surface area contributed by atoms with Crippen molar-refractivity contribution in [1.82, 2.24) is 9.80 Å². The van der Waals surface area contributed by atoms with E-state index in [2.05, 4.69) is 13.0 Å². The van der Waals surface area contributed by atoms with Gasteiger partial charge < -0.3 is 9.80 Å². The van der Waals surface area contributed by atoms with Crippen LogP contribution in [-0.4, -0.2) is 47.8 Å². The van der Waals surface area contributed by atoms with Gasteiger partial charge in [-0.2, -0.15) is 0 Å². The van der Waals surface area contributed by atoms with Gasteiger partial charge in [-0.25, -0.2) is 0 Å². The summed E-state index contributed by atoms with van der Waals surface area (Å²) in [6.45, 7) is 4.54. The van der Waals surface area contributed by atoms with Crippen molar-refractivity contribution in [3.8, 4) is 0 Å². The number of aryl methyl sites for hydroxylation is 3. The molecule has 0 radical (unpaired) electrons. The molecule has 2 amide bonds. The molecule has 0 spiro atoms. The Morgan fingerprint density at radius 3 is 2.21 bits per heavy atom. The highest BCUT2D eigenvalue weighted by atomic mass is 32.1. The first-order chi connectivity index (χ1) is 13.7. The molecule has 2 aliphatic rings. The number of nitrogens with zero attached hydrogens (tertiary/aromatic N) is 2. The molecule has 1 aliphatic carbocycles. The molecule has 1 aliphatic heterocycles. The van der Waals surface area contributed by atoms with Crippen LogP contribution in [0.15, 0.2) is 30.3 Å². The summed E-state index contributed by atoms with van der Waals surface area (Å²) in [6.07, 6.45) is 6.96. The lowest BCUT2D eigenvalue weighted by Gasteiger charge is -2.34. The fourth-order valence-corrected chi connectivity index (χ4v) is 5.33. The largest absolute Gasteiger partial charge is 0.335 e. The number of thiophene rings is 1. The van der Waals surface area contributed by atoms with E-state index >= 15 is 0 Å². The average molecular weight is 397 g/mol. The molecular formula is C23H28N2O2S. The number of piperazine rings is 1. The second-order valence-electron chi connectivity index (χ2n) is 7.75. The zero-order chi connectivity index (χ0) is 19.5. The average Bonchev–Trinajstić information content (AvgIpc) is 3.03. The Morgan fingerprint density at radius 2 is 1.54 bits per heavy atom. The maximum atomic E-state index is 13.0. The summed E-state index contributed by atoms with van der Waals surface area (Å²) < 4.78 is 0. The number of hydrogen-bond acceptors (Lipinski definition) is 3. The lowest BCUT2D eigenvalue weighted by atomic mass is 10.1. The van der Waals surface area contributed by atoms with Crippen molar-refractivity contribution in [3.05, 3.63) is 56.8 Å². The molecule has 1 aromatic heterocycles. The Kier molecular flexibility index (Phi) is 5.81. The molecule has 0 bridgehead atoms. The lowest BCUT2D eigenvalue weighted by molar-refractivity contribution is 0.0538. The third-order valence-corrected chi connectivity index (χ3v) is 7.15. The third kappa shape index (κ3) is 4.00. The summed E-state index contributed by atoms with van der Waals surface area (Å²) in [6, 6.07) is 10.00. The van der Waals surface area contributed by atoms with Crippen LogP contribution in [0.2, 0.25) is 0 Å². The molecule has 148 valence electrons. The zero-order valence-electron chi connectivity index (χ0n) is 16.6.